The Morgan fingerprint density at radius 1 is 1.18 bits per heavy atom. The van der Waals surface area contributed by atoms with Gasteiger partial charge >= 0.3 is 11.7 Å². The first-order chi connectivity index (χ1) is 13.4. The number of benzene rings is 1. The first kappa shape index (κ1) is 20.1. The quantitative estimate of drug-likeness (QED) is 0.595. The SMILES string of the molecule is Cn1c(=O)n(C2CCC(=O)NC2O)c2ccc(CCCCCCC(=O)O)cc21. The van der Waals surface area contributed by atoms with Crippen LogP contribution in [0.2, 0.25) is 0 Å². The summed E-state index contributed by atoms with van der Waals surface area (Å²) >= 11 is 0. The van der Waals surface area contributed by atoms with Gasteiger partial charge in [-0.15, -0.1) is 0 Å². The highest BCUT2D eigenvalue weighted by atomic mass is 16.4. The smallest absolute Gasteiger partial charge is 0.329 e. The second-order valence-electron chi connectivity index (χ2n) is 7.46. The van der Waals surface area contributed by atoms with E-state index in [1.165, 1.54) is 0 Å². The van der Waals surface area contributed by atoms with Crippen LogP contribution in [0.3, 0.4) is 0 Å². The molecule has 1 aliphatic heterocycles. The van der Waals surface area contributed by atoms with E-state index in [0.717, 1.165) is 42.3 Å². The lowest BCUT2D eigenvalue weighted by Gasteiger charge is -2.29. The van der Waals surface area contributed by atoms with Gasteiger partial charge in [0.15, 0.2) is 0 Å². The van der Waals surface area contributed by atoms with Crippen molar-refractivity contribution in [3.8, 4) is 0 Å². The summed E-state index contributed by atoms with van der Waals surface area (Å²) in [5, 5.41) is 21.4. The number of hydrogen-bond donors (Lipinski definition) is 3. The summed E-state index contributed by atoms with van der Waals surface area (Å²) in [5.74, 6) is -0.957. The van der Waals surface area contributed by atoms with Crippen LogP contribution in [0, 0.1) is 0 Å². The van der Waals surface area contributed by atoms with Gasteiger partial charge in [-0.2, -0.15) is 0 Å². The molecule has 0 radical (unpaired) electrons. The standard InChI is InChI=1S/C20H27N3O5/c1-22-16-12-13(6-4-2-3-5-7-18(25)26)8-9-14(16)23(20(22)28)15-10-11-17(24)21-19(15)27/h8-9,12,15,19,27H,2-7,10-11H2,1H3,(H,21,24)(H,25,26). The van der Waals surface area contributed by atoms with Gasteiger partial charge in [-0.1, -0.05) is 18.9 Å². The third-order valence-electron chi connectivity index (χ3n) is 5.43. The number of rotatable bonds is 8. The van der Waals surface area contributed by atoms with Gasteiger partial charge in [0, 0.05) is 19.9 Å². The monoisotopic (exact) mass is 389 g/mol. The van der Waals surface area contributed by atoms with Crippen LogP contribution in [0.1, 0.15) is 56.6 Å². The van der Waals surface area contributed by atoms with Crippen LogP contribution in [0.4, 0.5) is 0 Å². The van der Waals surface area contributed by atoms with Crippen LogP contribution in [-0.4, -0.2) is 37.5 Å². The third-order valence-corrected chi connectivity index (χ3v) is 5.43. The molecule has 152 valence electrons. The molecule has 1 amide bonds. The van der Waals surface area contributed by atoms with E-state index >= 15 is 0 Å². The first-order valence-electron chi connectivity index (χ1n) is 9.77. The van der Waals surface area contributed by atoms with E-state index in [1.54, 1.807) is 16.2 Å². The molecule has 2 aromatic rings. The van der Waals surface area contributed by atoms with E-state index in [2.05, 4.69) is 5.32 Å². The molecule has 0 aliphatic carbocycles. The fourth-order valence-electron chi connectivity index (χ4n) is 3.88. The van der Waals surface area contributed by atoms with Crippen molar-refractivity contribution in [1.29, 1.82) is 0 Å². The molecular formula is C20H27N3O5. The van der Waals surface area contributed by atoms with Gasteiger partial charge in [-0.25, -0.2) is 4.79 Å². The van der Waals surface area contributed by atoms with Gasteiger partial charge in [0.25, 0.3) is 0 Å². The van der Waals surface area contributed by atoms with Crippen molar-refractivity contribution < 1.29 is 19.8 Å². The Morgan fingerprint density at radius 3 is 2.64 bits per heavy atom. The number of fused-ring (bicyclic) bond motifs is 1. The Hall–Kier alpha value is -2.61. The molecule has 2 atom stereocenters. The lowest BCUT2D eigenvalue weighted by atomic mass is 10.0. The van der Waals surface area contributed by atoms with Crippen LogP contribution in [-0.2, 0) is 23.1 Å². The Bertz CT molecular complexity index is 930. The lowest BCUT2D eigenvalue weighted by Crippen LogP contribution is -2.47. The number of hydrogen-bond acceptors (Lipinski definition) is 4. The Labute approximate surface area is 162 Å². The van der Waals surface area contributed by atoms with Gasteiger partial charge in [-0.3, -0.25) is 18.7 Å². The van der Waals surface area contributed by atoms with Crippen molar-refractivity contribution in [3.05, 3.63) is 34.2 Å². The number of piperidine rings is 1. The van der Waals surface area contributed by atoms with E-state index in [1.807, 2.05) is 18.2 Å². The number of carbonyl (C=O) groups excluding carboxylic acids is 1. The van der Waals surface area contributed by atoms with Gasteiger partial charge < -0.3 is 15.5 Å². The summed E-state index contributed by atoms with van der Waals surface area (Å²) < 4.78 is 3.16. The molecule has 2 heterocycles. The fourth-order valence-corrected chi connectivity index (χ4v) is 3.88. The molecule has 0 bridgehead atoms. The highest BCUT2D eigenvalue weighted by Gasteiger charge is 2.31. The summed E-state index contributed by atoms with van der Waals surface area (Å²) in [4.78, 5) is 34.7. The molecule has 8 heteroatoms. The highest BCUT2D eigenvalue weighted by molar-refractivity contribution is 5.79. The number of aliphatic carboxylic acids is 1. The predicted octanol–water partition coefficient (Wildman–Crippen LogP) is 1.69. The molecule has 1 fully saturated rings. The molecule has 28 heavy (non-hydrogen) atoms. The number of nitrogens with one attached hydrogen (secondary N) is 1. The van der Waals surface area contributed by atoms with E-state index < -0.39 is 18.2 Å². The maximum atomic E-state index is 12.8. The maximum absolute atomic E-state index is 12.8. The van der Waals surface area contributed by atoms with Gasteiger partial charge in [0.1, 0.15) is 6.23 Å². The molecule has 8 nitrogen and oxygen atoms in total. The molecule has 1 saturated heterocycles. The summed E-state index contributed by atoms with van der Waals surface area (Å²) in [7, 11) is 1.71. The number of unbranched alkanes of at least 4 members (excludes halogenated alkanes) is 3. The average Bonchev–Trinajstić information content (AvgIpc) is 2.89. The third kappa shape index (κ3) is 4.27. The number of carboxylic acids is 1. The Balaban J connectivity index is 1.73. The highest BCUT2D eigenvalue weighted by Crippen LogP contribution is 2.26. The van der Waals surface area contributed by atoms with E-state index in [9.17, 15) is 19.5 Å². The number of imidazole rings is 1. The van der Waals surface area contributed by atoms with Crippen LogP contribution in [0.25, 0.3) is 11.0 Å². The molecule has 2 unspecified atom stereocenters. The topological polar surface area (TPSA) is 114 Å². The van der Waals surface area contributed by atoms with E-state index in [4.69, 9.17) is 5.11 Å². The van der Waals surface area contributed by atoms with Crippen molar-refractivity contribution >= 4 is 22.9 Å². The summed E-state index contributed by atoms with van der Waals surface area (Å²) in [6.45, 7) is 0. The number of amides is 1. The molecule has 0 spiro atoms. The van der Waals surface area contributed by atoms with Gasteiger partial charge in [0.05, 0.1) is 17.1 Å². The van der Waals surface area contributed by atoms with Crippen molar-refractivity contribution in [2.45, 2.75) is 63.6 Å². The number of aliphatic hydroxyl groups excluding tert-OH is 1. The number of carboxylic acid groups (broad SMARTS) is 1. The van der Waals surface area contributed by atoms with Crippen molar-refractivity contribution in [2.24, 2.45) is 7.05 Å². The first-order valence-corrected chi connectivity index (χ1v) is 9.77. The van der Waals surface area contributed by atoms with Crippen molar-refractivity contribution in [3.63, 3.8) is 0 Å². The molecular weight excluding hydrogens is 362 g/mol. The summed E-state index contributed by atoms with van der Waals surface area (Å²) in [6, 6.07) is 5.41. The number of aliphatic hydroxyl groups is 1. The minimum atomic E-state index is -1.07. The lowest BCUT2D eigenvalue weighted by molar-refractivity contribution is -0.137. The number of carbonyl (C=O) groups is 2. The zero-order valence-electron chi connectivity index (χ0n) is 16.1. The predicted molar refractivity (Wildman–Crippen MR) is 104 cm³/mol. The van der Waals surface area contributed by atoms with Crippen molar-refractivity contribution in [2.75, 3.05) is 0 Å². The van der Waals surface area contributed by atoms with Crippen molar-refractivity contribution in [1.82, 2.24) is 14.5 Å². The Kier molecular flexibility index (Phi) is 6.18. The number of aryl methyl sites for hydroxylation is 2. The maximum Gasteiger partial charge on any atom is 0.329 e. The zero-order valence-corrected chi connectivity index (χ0v) is 16.1. The molecule has 0 saturated carbocycles. The number of aromatic nitrogens is 2. The summed E-state index contributed by atoms with van der Waals surface area (Å²) in [5.41, 5.74) is 2.47. The van der Waals surface area contributed by atoms with Gasteiger partial charge in [-0.05, 0) is 43.4 Å². The second kappa shape index (κ2) is 8.60. The molecule has 3 rings (SSSR count). The largest absolute Gasteiger partial charge is 0.481 e. The Morgan fingerprint density at radius 2 is 1.93 bits per heavy atom. The van der Waals surface area contributed by atoms with Crippen LogP contribution >= 0.6 is 0 Å². The molecule has 3 N–H and O–H groups in total. The fraction of sp³-hybridized carbons (Fsp3) is 0.550. The summed E-state index contributed by atoms with van der Waals surface area (Å²) in [6.07, 6.45) is 4.25. The number of nitrogens with zero attached hydrogens (tertiary/aromatic N) is 2. The van der Waals surface area contributed by atoms with E-state index in [-0.39, 0.29) is 24.4 Å². The van der Waals surface area contributed by atoms with Crippen LogP contribution in [0.5, 0.6) is 0 Å². The molecule has 1 aliphatic rings. The van der Waals surface area contributed by atoms with E-state index in [0.29, 0.717) is 12.8 Å². The average molecular weight is 389 g/mol. The van der Waals surface area contributed by atoms with Crippen LogP contribution < -0.4 is 11.0 Å². The van der Waals surface area contributed by atoms with Crippen LogP contribution in [0.15, 0.2) is 23.0 Å². The van der Waals surface area contributed by atoms with Gasteiger partial charge in [0.2, 0.25) is 5.91 Å². The molecule has 1 aromatic carbocycles. The normalized spacial score (nSPS) is 19.7. The molecule has 1 aromatic heterocycles. The minimum Gasteiger partial charge on any atom is -0.481 e. The second-order valence-corrected chi connectivity index (χ2v) is 7.46. The zero-order chi connectivity index (χ0) is 20.3. The minimum absolute atomic E-state index is 0.206.